The molecule has 2 aliphatic carbocycles. The number of likely N-dealkylation sites (N-methyl/N-ethyl adjacent to an activating group) is 1. The van der Waals surface area contributed by atoms with E-state index in [9.17, 15) is 18.0 Å². The van der Waals surface area contributed by atoms with Crippen molar-refractivity contribution in [3.63, 3.8) is 0 Å². The van der Waals surface area contributed by atoms with Crippen LogP contribution >= 0.6 is 0 Å². The minimum atomic E-state index is -4.43. The maximum Gasteiger partial charge on any atom is 0.392 e. The van der Waals surface area contributed by atoms with E-state index >= 15 is 13.2 Å². The van der Waals surface area contributed by atoms with Crippen molar-refractivity contribution in [3.05, 3.63) is 0 Å². The molecule has 0 radical (unpaired) electrons. The molecule has 0 aromatic rings. The highest BCUT2D eigenvalue weighted by Gasteiger charge is 2.64. The zero-order valence-electron chi connectivity index (χ0n) is 23.9. The van der Waals surface area contributed by atoms with Gasteiger partial charge in [-0.2, -0.15) is 22.0 Å². The molecule has 0 aromatic carbocycles. The van der Waals surface area contributed by atoms with Crippen LogP contribution < -0.4 is 10.9 Å². The molecular weight excluding hydrogens is 538 g/mol. The van der Waals surface area contributed by atoms with Crippen molar-refractivity contribution in [3.8, 4) is 0 Å². The molecule has 0 bridgehead atoms. The van der Waals surface area contributed by atoms with Crippen molar-refractivity contribution in [1.82, 2.24) is 30.5 Å². The summed E-state index contributed by atoms with van der Waals surface area (Å²) in [6.07, 6.45) is -4.42. The van der Waals surface area contributed by atoms with Gasteiger partial charge in [0.05, 0.1) is 12.6 Å². The van der Waals surface area contributed by atoms with Gasteiger partial charge in [-0.05, 0) is 66.0 Å². The number of nitrogens with zero attached hydrogens (tertiary/aromatic N) is 4. The van der Waals surface area contributed by atoms with Crippen LogP contribution in [0.1, 0.15) is 52.4 Å². The molecular formula is C27H44F6N6O. The van der Waals surface area contributed by atoms with Gasteiger partial charge in [-0.25, -0.2) is 15.2 Å². The van der Waals surface area contributed by atoms with Crippen molar-refractivity contribution < 1.29 is 31.1 Å². The Hall–Kier alpha value is -1.15. The lowest BCUT2D eigenvalue weighted by atomic mass is 9.70. The van der Waals surface area contributed by atoms with E-state index < -0.39 is 53.6 Å². The molecule has 3 heterocycles. The Labute approximate surface area is 232 Å². The van der Waals surface area contributed by atoms with E-state index in [-0.39, 0.29) is 50.5 Å². The fourth-order valence-corrected chi connectivity index (χ4v) is 8.37. The highest BCUT2D eigenvalue weighted by atomic mass is 19.4. The number of rotatable bonds is 5. The van der Waals surface area contributed by atoms with Gasteiger partial charge in [-0.3, -0.25) is 14.6 Å². The summed E-state index contributed by atoms with van der Waals surface area (Å²) in [5, 5.41) is 0. The van der Waals surface area contributed by atoms with Gasteiger partial charge in [0.15, 0.2) is 5.67 Å². The zero-order chi connectivity index (χ0) is 29.2. The Bertz CT molecular complexity index is 936. The van der Waals surface area contributed by atoms with Crippen molar-refractivity contribution in [2.75, 3.05) is 46.9 Å². The fraction of sp³-hybridized carbons (Fsp3) is 0.963. The number of hydrogen-bond acceptors (Lipinski definition) is 6. The first kappa shape index (κ1) is 30.3. The lowest BCUT2D eigenvalue weighted by Gasteiger charge is -2.48. The number of carbonyl (C=O) groups excluding carboxylic acids is 1. The van der Waals surface area contributed by atoms with E-state index in [1.165, 1.54) is 16.8 Å². The molecule has 40 heavy (non-hydrogen) atoms. The summed E-state index contributed by atoms with van der Waals surface area (Å²) in [7, 11) is 3.47. The lowest BCUT2D eigenvalue weighted by molar-refractivity contribution is -0.206. The second-order valence-electron chi connectivity index (χ2n) is 13.2. The highest BCUT2D eigenvalue weighted by Crippen LogP contribution is 2.52. The highest BCUT2D eigenvalue weighted by molar-refractivity contribution is 5.82. The Balaban J connectivity index is 1.33. The molecule has 0 spiro atoms. The molecule has 2 saturated carbocycles. The van der Waals surface area contributed by atoms with Crippen LogP contribution in [0.3, 0.4) is 0 Å². The topological polar surface area (TPSA) is 54.1 Å². The van der Waals surface area contributed by atoms with Gasteiger partial charge in [0.2, 0.25) is 5.91 Å². The Morgan fingerprint density at radius 3 is 2.27 bits per heavy atom. The van der Waals surface area contributed by atoms with Crippen molar-refractivity contribution in [2.45, 2.75) is 94.4 Å². The van der Waals surface area contributed by atoms with Crippen LogP contribution in [-0.4, -0.2) is 115 Å². The average molecular weight is 583 g/mol. The van der Waals surface area contributed by atoms with Crippen molar-refractivity contribution in [2.24, 2.45) is 23.7 Å². The Morgan fingerprint density at radius 1 is 0.925 bits per heavy atom. The normalized spacial score (nSPS) is 40.9. The molecule has 7 nitrogen and oxygen atoms in total. The van der Waals surface area contributed by atoms with Crippen molar-refractivity contribution in [1.29, 1.82) is 0 Å². The third-order valence-electron chi connectivity index (χ3n) is 10.7. The number of fused-ring (bicyclic) bond motifs is 1. The number of carbonyl (C=O) groups is 1. The van der Waals surface area contributed by atoms with Gasteiger partial charge >= 0.3 is 12.1 Å². The summed E-state index contributed by atoms with van der Waals surface area (Å²) in [5.74, 6) is -8.27. The quantitative estimate of drug-likeness (QED) is 0.486. The van der Waals surface area contributed by atoms with E-state index in [1.807, 2.05) is 14.0 Å². The molecule has 2 N–H and O–H groups in total. The summed E-state index contributed by atoms with van der Waals surface area (Å²) >= 11 is 0. The molecule has 5 rings (SSSR count). The third-order valence-corrected chi connectivity index (χ3v) is 10.7. The molecule has 5 fully saturated rings. The minimum absolute atomic E-state index is 0.0211. The SMILES string of the molecule is C[C@@H]1CN(C)CCN1C1CC2C(=O)N(C3CCCC([C@@](C)(F)C(F)(F)C4NNCN4C)C3)CC2C(C(F)(F)F)C1. The minimum Gasteiger partial charge on any atom is -0.339 e. The van der Waals surface area contributed by atoms with Gasteiger partial charge in [0, 0.05) is 56.1 Å². The molecule has 9 atom stereocenters. The third kappa shape index (κ3) is 5.26. The Morgan fingerprint density at radius 2 is 1.65 bits per heavy atom. The predicted molar refractivity (Wildman–Crippen MR) is 138 cm³/mol. The number of hydrazine groups is 1. The van der Waals surface area contributed by atoms with Crippen LogP contribution in [0.25, 0.3) is 0 Å². The number of hydrogen-bond donors (Lipinski definition) is 2. The van der Waals surface area contributed by atoms with E-state index in [2.05, 4.69) is 20.7 Å². The van der Waals surface area contributed by atoms with E-state index in [4.69, 9.17) is 0 Å². The van der Waals surface area contributed by atoms with Gasteiger partial charge < -0.3 is 9.80 Å². The molecule has 13 heteroatoms. The lowest BCUT2D eigenvalue weighted by Crippen LogP contribution is -2.62. The summed E-state index contributed by atoms with van der Waals surface area (Å²) in [6.45, 7) is 5.25. The summed E-state index contributed by atoms with van der Waals surface area (Å²) in [6, 6.07) is -0.782. The van der Waals surface area contributed by atoms with Gasteiger partial charge in [0.25, 0.3) is 0 Å². The average Bonchev–Trinajstić information content (AvgIpc) is 3.46. The largest absolute Gasteiger partial charge is 0.392 e. The number of piperazine rings is 1. The number of alkyl halides is 6. The predicted octanol–water partition coefficient (Wildman–Crippen LogP) is 3.28. The van der Waals surface area contributed by atoms with Crippen LogP contribution in [0.5, 0.6) is 0 Å². The number of nitrogens with one attached hydrogen (secondary N) is 2. The molecule has 230 valence electrons. The Kier molecular flexibility index (Phi) is 8.22. The molecule has 5 aliphatic rings. The second kappa shape index (κ2) is 10.8. The van der Waals surface area contributed by atoms with Crippen LogP contribution in [0.2, 0.25) is 0 Å². The molecule has 7 unspecified atom stereocenters. The summed E-state index contributed by atoms with van der Waals surface area (Å²) < 4.78 is 90.2. The number of likely N-dealkylation sites (tertiary alicyclic amines) is 1. The first-order valence-electron chi connectivity index (χ1n) is 14.7. The van der Waals surface area contributed by atoms with Crippen molar-refractivity contribution >= 4 is 5.91 Å². The second-order valence-corrected chi connectivity index (χ2v) is 13.2. The first-order valence-corrected chi connectivity index (χ1v) is 14.7. The number of halogens is 6. The maximum atomic E-state index is 16.1. The summed E-state index contributed by atoms with van der Waals surface area (Å²) in [5.41, 5.74) is 2.22. The van der Waals surface area contributed by atoms with Crippen LogP contribution in [0.4, 0.5) is 26.3 Å². The maximum absolute atomic E-state index is 16.1. The zero-order valence-corrected chi connectivity index (χ0v) is 23.9. The van der Waals surface area contributed by atoms with Gasteiger partial charge in [-0.15, -0.1) is 0 Å². The standard InChI is InChI=1S/C27H44F6N6O/c1-16-13-36(3)8-9-38(16)19-11-20-21(22(12-19)27(31,32)33)14-39(23(20)40)18-7-5-6-17(10-18)25(2,28)26(29,30)24-35-34-15-37(24)4/h16-22,24,34-35H,5-15H2,1-4H3/t16-,17?,18?,19?,20?,21?,22?,24?,25-/m1/s1. The molecule has 3 saturated heterocycles. The van der Waals surface area contributed by atoms with Crippen LogP contribution in [-0.2, 0) is 4.79 Å². The molecule has 3 aliphatic heterocycles. The number of amides is 1. The van der Waals surface area contributed by atoms with E-state index in [0.29, 0.717) is 25.8 Å². The first-order chi connectivity index (χ1) is 18.6. The monoisotopic (exact) mass is 582 g/mol. The van der Waals surface area contributed by atoms with Gasteiger partial charge in [-0.1, -0.05) is 6.42 Å². The van der Waals surface area contributed by atoms with Crippen LogP contribution in [0, 0.1) is 23.7 Å². The molecule has 0 aromatic heterocycles. The van der Waals surface area contributed by atoms with E-state index in [0.717, 1.165) is 20.0 Å². The fourth-order valence-electron chi connectivity index (χ4n) is 8.37. The summed E-state index contributed by atoms with van der Waals surface area (Å²) in [4.78, 5) is 20.9. The van der Waals surface area contributed by atoms with Gasteiger partial charge in [0.1, 0.15) is 6.17 Å². The smallest absolute Gasteiger partial charge is 0.339 e. The van der Waals surface area contributed by atoms with Crippen LogP contribution in [0.15, 0.2) is 0 Å². The molecule has 1 amide bonds. The van der Waals surface area contributed by atoms with E-state index in [1.54, 1.807) is 0 Å².